The second kappa shape index (κ2) is 8.37. The fourth-order valence-electron chi connectivity index (χ4n) is 3.75. The zero-order chi connectivity index (χ0) is 19.4. The molecular formula is C21H28N4O2. The van der Waals surface area contributed by atoms with Crippen LogP contribution in [0.4, 0.5) is 0 Å². The number of aryl methyl sites for hydroxylation is 2. The van der Waals surface area contributed by atoms with Crippen LogP contribution in [0.2, 0.25) is 0 Å². The van der Waals surface area contributed by atoms with Gasteiger partial charge in [0.1, 0.15) is 0 Å². The van der Waals surface area contributed by atoms with Gasteiger partial charge in [-0.25, -0.2) is 0 Å². The van der Waals surface area contributed by atoms with Gasteiger partial charge in [-0.3, -0.25) is 14.3 Å². The predicted octanol–water partition coefficient (Wildman–Crippen LogP) is 2.93. The molecule has 144 valence electrons. The first-order valence-electron chi connectivity index (χ1n) is 9.71. The van der Waals surface area contributed by atoms with E-state index in [1.54, 1.807) is 0 Å². The van der Waals surface area contributed by atoms with E-state index in [0.29, 0.717) is 25.1 Å². The van der Waals surface area contributed by atoms with Gasteiger partial charge in [-0.05, 0) is 51.3 Å². The van der Waals surface area contributed by atoms with Crippen molar-refractivity contribution in [3.05, 3.63) is 41.2 Å². The van der Waals surface area contributed by atoms with Crippen molar-refractivity contribution in [1.82, 2.24) is 20.0 Å². The molecule has 0 bridgehead atoms. The summed E-state index contributed by atoms with van der Waals surface area (Å²) in [5.41, 5.74) is 4.84. The summed E-state index contributed by atoms with van der Waals surface area (Å²) in [7, 11) is 0. The summed E-state index contributed by atoms with van der Waals surface area (Å²) in [6, 6.07) is 7.69. The van der Waals surface area contributed by atoms with Gasteiger partial charge in [-0.1, -0.05) is 12.1 Å². The Hall–Kier alpha value is -2.63. The van der Waals surface area contributed by atoms with Crippen molar-refractivity contribution < 1.29 is 9.59 Å². The SMILES string of the molecule is CCn1nc(C)c(-c2cccc(C(=O)NCCCN3CCCC3=O)c2)c1C. The molecule has 0 atom stereocenters. The highest BCUT2D eigenvalue weighted by molar-refractivity contribution is 5.95. The molecule has 1 N–H and O–H groups in total. The van der Waals surface area contributed by atoms with Crippen molar-refractivity contribution in [1.29, 1.82) is 0 Å². The Kier molecular flexibility index (Phi) is 5.94. The highest BCUT2D eigenvalue weighted by Crippen LogP contribution is 2.27. The summed E-state index contributed by atoms with van der Waals surface area (Å²) in [5, 5.41) is 7.53. The van der Waals surface area contributed by atoms with Crippen LogP contribution in [0.15, 0.2) is 24.3 Å². The van der Waals surface area contributed by atoms with E-state index in [1.165, 1.54) is 0 Å². The van der Waals surface area contributed by atoms with Crippen molar-refractivity contribution in [2.45, 2.75) is 46.6 Å². The molecule has 27 heavy (non-hydrogen) atoms. The zero-order valence-corrected chi connectivity index (χ0v) is 16.4. The second-order valence-electron chi connectivity index (χ2n) is 7.04. The van der Waals surface area contributed by atoms with Crippen LogP contribution in [-0.2, 0) is 11.3 Å². The summed E-state index contributed by atoms with van der Waals surface area (Å²) in [5.74, 6) is 0.148. The van der Waals surface area contributed by atoms with Crippen molar-refractivity contribution in [3.63, 3.8) is 0 Å². The van der Waals surface area contributed by atoms with E-state index in [9.17, 15) is 9.59 Å². The maximum Gasteiger partial charge on any atom is 0.251 e. The molecule has 1 aromatic heterocycles. The van der Waals surface area contributed by atoms with Crippen LogP contribution in [0.1, 0.15) is 47.9 Å². The monoisotopic (exact) mass is 368 g/mol. The Morgan fingerprint density at radius 3 is 2.78 bits per heavy atom. The van der Waals surface area contributed by atoms with Gasteiger partial charge in [0.05, 0.1) is 5.69 Å². The number of nitrogens with zero attached hydrogens (tertiary/aromatic N) is 3. The van der Waals surface area contributed by atoms with Crippen LogP contribution in [0, 0.1) is 13.8 Å². The number of hydrogen-bond acceptors (Lipinski definition) is 3. The van der Waals surface area contributed by atoms with Crippen molar-refractivity contribution in [2.24, 2.45) is 0 Å². The molecule has 1 aliphatic rings. The lowest BCUT2D eigenvalue weighted by Crippen LogP contribution is -2.30. The summed E-state index contributed by atoms with van der Waals surface area (Å²) in [6.45, 7) is 9.09. The first-order valence-corrected chi connectivity index (χ1v) is 9.71. The number of nitrogens with one attached hydrogen (secondary N) is 1. The van der Waals surface area contributed by atoms with E-state index in [-0.39, 0.29) is 11.8 Å². The third-order valence-electron chi connectivity index (χ3n) is 5.16. The molecule has 0 aliphatic carbocycles. The number of amides is 2. The molecule has 0 unspecified atom stereocenters. The van der Waals surface area contributed by atoms with Gasteiger partial charge < -0.3 is 10.2 Å². The number of likely N-dealkylation sites (tertiary alicyclic amines) is 1. The van der Waals surface area contributed by atoms with Crippen LogP contribution >= 0.6 is 0 Å². The van der Waals surface area contributed by atoms with Gasteiger partial charge in [-0.15, -0.1) is 0 Å². The highest BCUT2D eigenvalue weighted by Gasteiger charge is 2.19. The molecule has 2 heterocycles. The smallest absolute Gasteiger partial charge is 0.251 e. The standard InChI is InChI=1S/C21H28N4O2/c1-4-25-16(3)20(15(2)23-25)17-8-5-9-18(14-17)21(27)22-11-7-13-24-12-6-10-19(24)26/h5,8-9,14H,4,6-7,10-13H2,1-3H3,(H,22,27). The van der Waals surface area contributed by atoms with E-state index in [2.05, 4.69) is 24.3 Å². The lowest BCUT2D eigenvalue weighted by molar-refractivity contribution is -0.127. The van der Waals surface area contributed by atoms with Gasteiger partial charge in [0.25, 0.3) is 5.91 Å². The number of carbonyl (C=O) groups excluding carboxylic acids is 2. The molecule has 1 saturated heterocycles. The van der Waals surface area contributed by atoms with Crippen LogP contribution in [0.25, 0.3) is 11.1 Å². The summed E-state index contributed by atoms with van der Waals surface area (Å²) >= 11 is 0. The molecule has 0 saturated carbocycles. The van der Waals surface area contributed by atoms with E-state index >= 15 is 0 Å². The minimum Gasteiger partial charge on any atom is -0.352 e. The van der Waals surface area contributed by atoms with E-state index in [4.69, 9.17) is 0 Å². The molecule has 0 radical (unpaired) electrons. The average Bonchev–Trinajstić information content (AvgIpc) is 3.20. The molecule has 3 rings (SSSR count). The number of aromatic nitrogens is 2. The quantitative estimate of drug-likeness (QED) is 0.764. The summed E-state index contributed by atoms with van der Waals surface area (Å²) in [4.78, 5) is 26.0. The molecule has 1 aromatic carbocycles. The first-order chi connectivity index (χ1) is 13.0. The van der Waals surface area contributed by atoms with Crippen LogP contribution < -0.4 is 5.32 Å². The molecule has 6 heteroatoms. The third kappa shape index (κ3) is 4.21. The normalized spacial score (nSPS) is 14.0. The average molecular weight is 368 g/mol. The highest BCUT2D eigenvalue weighted by atomic mass is 16.2. The summed E-state index contributed by atoms with van der Waals surface area (Å²) < 4.78 is 1.98. The fraction of sp³-hybridized carbons (Fsp3) is 0.476. The van der Waals surface area contributed by atoms with Gasteiger partial charge in [0.15, 0.2) is 0 Å². The molecule has 0 spiro atoms. The Balaban J connectivity index is 1.62. The number of carbonyl (C=O) groups is 2. The lowest BCUT2D eigenvalue weighted by Gasteiger charge is -2.15. The topological polar surface area (TPSA) is 67.2 Å². The minimum absolute atomic E-state index is 0.0808. The van der Waals surface area contributed by atoms with Gasteiger partial charge in [-0.2, -0.15) is 5.10 Å². The van der Waals surface area contributed by atoms with Crippen molar-refractivity contribution in [3.8, 4) is 11.1 Å². The molecule has 1 aliphatic heterocycles. The maximum atomic E-state index is 12.5. The summed E-state index contributed by atoms with van der Waals surface area (Å²) in [6.07, 6.45) is 2.39. The molecular weight excluding hydrogens is 340 g/mol. The van der Waals surface area contributed by atoms with Crippen molar-refractivity contribution >= 4 is 11.8 Å². The zero-order valence-electron chi connectivity index (χ0n) is 16.4. The van der Waals surface area contributed by atoms with Crippen LogP contribution in [0.3, 0.4) is 0 Å². The maximum absolute atomic E-state index is 12.5. The lowest BCUT2D eigenvalue weighted by atomic mass is 10.0. The predicted molar refractivity (Wildman–Crippen MR) is 106 cm³/mol. The number of benzene rings is 1. The third-order valence-corrected chi connectivity index (χ3v) is 5.16. The van der Waals surface area contributed by atoms with E-state index in [1.807, 2.05) is 40.8 Å². The fourth-order valence-corrected chi connectivity index (χ4v) is 3.75. The Morgan fingerprint density at radius 1 is 1.30 bits per heavy atom. The second-order valence-corrected chi connectivity index (χ2v) is 7.04. The number of hydrogen-bond donors (Lipinski definition) is 1. The first kappa shape index (κ1) is 19.1. The molecule has 6 nitrogen and oxygen atoms in total. The Labute approximate surface area is 160 Å². The van der Waals surface area contributed by atoms with Gasteiger partial charge in [0, 0.05) is 49.4 Å². The Bertz CT molecular complexity index is 841. The minimum atomic E-state index is -0.0808. The largest absolute Gasteiger partial charge is 0.352 e. The Morgan fingerprint density at radius 2 is 2.11 bits per heavy atom. The van der Waals surface area contributed by atoms with Crippen LogP contribution in [-0.4, -0.2) is 46.1 Å². The van der Waals surface area contributed by atoms with Crippen molar-refractivity contribution in [2.75, 3.05) is 19.6 Å². The van der Waals surface area contributed by atoms with E-state index in [0.717, 1.165) is 48.4 Å². The molecule has 2 aromatic rings. The van der Waals surface area contributed by atoms with Gasteiger partial charge >= 0.3 is 0 Å². The van der Waals surface area contributed by atoms with Gasteiger partial charge in [0.2, 0.25) is 5.91 Å². The molecule has 2 amide bonds. The van der Waals surface area contributed by atoms with E-state index < -0.39 is 0 Å². The molecule has 1 fully saturated rings. The van der Waals surface area contributed by atoms with Crippen LogP contribution in [0.5, 0.6) is 0 Å². The number of rotatable bonds is 7.